The maximum Gasteiger partial charge on any atom is 0.120 e. The molecule has 1 heterocycles. The van der Waals surface area contributed by atoms with E-state index in [0.29, 0.717) is 6.54 Å². The molecule has 0 radical (unpaired) electrons. The number of fused-ring (bicyclic) bond motifs is 1. The molecular weight excluding hydrogens is 266 g/mol. The summed E-state index contributed by atoms with van der Waals surface area (Å²) < 4.78 is 4.50. The van der Waals surface area contributed by atoms with Crippen molar-refractivity contribution >= 4 is 27.4 Å². The van der Waals surface area contributed by atoms with E-state index in [1.54, 1.807) is 11.5 Å². The number of hydrogen-bond acceptors (Lipinski definition) is 4. The molecule has 0 saturated carbocycles. The van der Waals surface area contributed by atoms with Crippen molar-refractivity contribution in [3.05, 3.63) is 59.7 Å². The van der Waals surface area contributed by atoms with Crippen molar-refractivity contribution in [1.29, 1.82) is 0 Å². The van der Waals surface area contributed by atoms with E-state index in [2.05, 4.69) is 52.7 Å². The largest absolute Gasteiger partial charge is 0.360 e. The second-order valence-corrected chi connectivity index (χ2v) is 5.59. The van der Waals surface area contributed by atoms with Crippen molar-refractivity contribution in [3.63, 3.8) is 0 Å². The van der Waals surface area contributed by atoms with Crippen LogP contribution in [0.1, 0.15) is 11.1 Å². The molecule has 0 amide bonds. The minimum atomic E-state index is 0.577. The Balaban J connectivity index is 1.91. The molecule has 2 aromatic carbocycles. The first-order valence-electron chi connectivity index (χ1n) is 6.62. The first kappa shape index (κ1) is 13.1. The highest BCUT2D eigenvalue weighted by molar-refractivity contribution is 7.11. The highest BCUT2D eigenvalue weighted by Gasteiger charge is 2.11. The zero-order valence-electron chi connectivity index (χ0n) is 11.4. The highest BCUT2D eigenvalue weighted by Crippen LogP contribution is 2.31. The molecule has 3 rings (SSSR count). The van der Waals surface area contributed by atoms with Crippen molar-refractivity contribution < 1.29 is 0 Å². The molecule has 0 spiro atoms. The van der Waals surface area contributed by atoms with Gasteiger partial charge in [-0.25, -0.2) is 0 Å². The van der Waals surface area contributed by atoms with Gasteiger partial charge in [0.2, 0.25) is 0 Å². The Labute approximate surface area is 122 Å². The fourth-order valence-electron chi connectivity index (χ4n) is 2.39. The minimum Gasteiger partial charge on any atom is -0.360 e. The summed E-state index contributed by atoms with van der Waals surface area (Å²) in [7, 11) is 2.10. The van der Waals surface area contributed by atoms with Crippen LogP contribution in [0.3, 0.4) is 0 Å². The van der Waals surface area contributed by atoms with Gasteiger partial charge < -0.3 is 10.6 Å². The van der Waals surface area contributed by atoms with Crippen LogP contribution >= 0.6 is 11.5 Å². The predicted molar refractivity (Wildman–Crippen MR) is 86.1 cm³/mol. The third kappa shape index (κ3) is 2.40. The van der Waals surface area contributed by atoms with E-state index >= 15 is 0 Å². The molecule has 0 fully saturated rings. The molecule has 4 heteroatoms. The number of benzene rings is 2. The van der Waals surface area contributed by atoms with Crippen molar-refractivity contribution in [1.82, 2.24) is 4.37 Å². The molecular formula is C16H17N3S. The summed E-state index contributed by atoms with van der Waals surface area (Å²) in [5.74, 6) is 0. The zero-order chi connectivity index (χ0) is 13.9. The maximum atomic E-state index is 5.81. The van der Waals surface area contributed by atoms with Crippen LogP contribution in [0.15, 0.2) is 48.5 Å². The highest BCUT2D eigenvalue weighted by atomic mass is 32.1. The van der Waals surface area contributed by atoms with Crippen LogP contribution in [-0.4, -0.2) is 11.4 Å². The van der Waals surface area contributed by atoms with Crippen LogP contribution in [0.5, 0.6) is 0 Å². The third-order valence-corrected chi connectivity index (χ3v) is 4.45. The van der Waals surface area contributed by atoms with E-state index in [1.165, 1.54) is 21.5 Å². The van der Waals surface area contributed by atoms with Gasteiger partial charge in [-0.15, -0.1) is 0 Å². The predicted octanol–water partition coefficient (Wildman–Crippen LogP) is 3.39. The fourth-order valence-corrected chi connectivity index (χ4v) is 3.21. The molecule has 3 aromatic rings. The molecule has 102 valence electrons. The lowest BCUT2D eigenvalue weighted by atomic mass is 10.1. The van der Waals surface area contributed by atoms with Crippen LogP contribution in [-0.2, 0) is 13.1 Å². The van der Waals surface area contributed by atoms with Gasteiger partial charge in [0.15, 0.2) is 0 Å². The monoisotopic (exact) mass is 283 g/mol. The van der Waals surface area contributed by atoms with Crippen molar-refractivity contribution in [2.45, 2.75) is 13.1 Å². The molecule has 0 unspecified atom stereocenters. The van der Waals surface area contributed by atoms with Crippen LogP contribution in [0, 0.1) is 0 Å². The normalized spacial score (nSPS) is 10.9. The lowest BCUT2D eigenvalue weighted by Gasteiger charge is -2.19. The second kappa shape index (κ2) is 5.61. The molecule has 0 saturated heterocycles. The van der Waals surface area contributed by atoms with E-state index in [-0.39, 0.29) is 0 Å². The number of rotatable bonds is 4. The van der Waals surface area contributed by atoms with E-state index in [9.17, 15) is 0 Å². The first-order chi connectivity index (χ1) is 9.79. The zero-order valence-corrected chi connectivity index (χ0v) is 12.2. The lowest BCUT2D eigenvalue weighted by Crippen LogP contribution is -2.17. The fraction of sp³-hybridized carbons (Fsp3) is 0.188. The SMILES string of the molecule is CN(Cc1ccccc1CN)c1snc2ccccc12. The number of hydrogen-bond donors (Lipinski definition) is 1. The minimum absolute atomic E-state index is 0.577. The summed E-state index contributed by atoms with van der Waals surface area (Å²) in [5, 5.41) is 2.41. The molecule has 20 heavy (non-hydrogen) atoms. The van der Waals surface area contributed by atoms with Gasteiger partial charge in [-0.05, 0) is 34.8 Å². The maximum absolute atomic E-state index is 5.81. The lowest BCUT2D eigenvalue weighted by molar-refractivity contribution is 0.906. The Bertz CT molecular complexity index is 720. The summed E-state index contributed by atoms with van der Waals surface area (Å²) in [6, 6.07) is 16.6. The Morgan fingerprint density at radius 3 is 2.55 bits per heavy atom. The van der Waals surface area contributed by atoms with E-state index in [4.69, 9.17) is 5.73 Å². The van der Waals surface area contributed by atoms with Crippen LogP contribution < -0.4 is 10.6 Å². The van der Waals surface area contributed by atoms with Gasteiger partial charge in [-0.2, -0.15) is 4.37 Å². The smallest absolute Gasteiger partial charge is 0.120 e. The van der Waals surface area contributed by atoms with Crippen molar-refractivity contribution in [3.8, 4) is 0 Å². The second-order valence-electron chi connectivity index (χ2n) is 4.83. The topological polar surface area (TPSA) is 42.1 Å². The van der Waals surface area contributed by atoms with Crippen LogP contribution in [0.2, 0.25) is 0 Å². The molecule has 0 aliphatic carbocycles. The molecule has 3 nitrogen and oxygen atoms in total. The average molecular weight is 283 g/mol. The van der Waals surface area contributed by atoms with Crippen molar-refractivity contribution in [2.24, 2.45) is 5.73 Å². The Kier molecular flexibility index (Phi) is 3.67. The summed E-state index contributed by atoms with van der Waals surface area (Å²) in [4.78, 5) is 2.24. The quantitative estimate of drug-likeness (QED) is 0.798. The first-order valence-corrected chi connectivity index (χ1v) is 7.39. The van der Waals surface area contributed by atoms with Crippen LogP contribution in [0.4, 0.5) is 5.00 Å². The third-order valence-electron chi connectivity index (χ3n) is 3.46. The van der Waals surface area contributed by atoms with Gasteiger partial charge in [0.25, 0.3) is 0 Å². The van der Waals surface area contributed by atoms with Gasteiger partial charge in [-0.3, -0.25) is 0 Å². The van der Waals surface area contributed by atoms with Gasteiger partial charge in [-0.1, -0.05) is 36.4 Å². The van der Waals surface area contributed by atoms with Gasteiger partial charge >= 0.3 is 0 Å². The number of anilines is 1. The molecule has 0 aliphatic rings. The molecule has 0 bridgehead atoms. The Morgan fingerprint density at radius 1 is 1.05 bits per heavy atom. The average Bonchev–Trinajstić information content (AvgIpc) is 2.92. The van der Waals surface area contributed by atoms with E-state index < -0.39 is 0 Å². The summed E-state index contributed by atoms with van der Waals surface area (Å²) in [6.45, 7) is 1.42. The van der Waals surface area contributed by atoms with Gasteiger partial charge in [0.05, 0.1) is 5.52 Å². The van der Waals surface area contributed by atoms with E-state index in [1.807, 2.05) is 12.1 Å². The van der Waals surface area contributed by atoms with Crippen LogP contribution in [0.25, 0.3) is 10.9 Å². The molecule has 0 aliphatic heterocycles. The molecule has 0 atom stereocenters. The van der Waals surface area contributed by atoms with E-state index in [0.717, 1.165) is 12.1 Å². The van der Waals surface area contributed by atoms with Gasteiger partial charge in [0, 0.05) is 25.5 Å². The van der Waals surface area contributed by atoms with Crippen molar-refractivity contribution in [2.75, 3.05) is 11.9 Å². The summed E-state index contributed by atoms with van der Waals surface area (Å²) >= 11 is 1.55. The Morgan fingerprint density at radius 2 is 1.75 bits per heavy atom. The Hall–Kier alpha value is -1.91. The molecule has 2 N–H and O–H groups in total. The van der Waals surface area contributed by atoms with Gasteiger partial charge in [0.1, 0.15) is 5.00 Å². The standard InChI is InChI=1S/C16H17N3S/c1-19(11-13-7-3-2-6-12(13)10-17)16-14-8-4-5-9-15(14)18-20-16/h2-9H,10-11,17H2,1H3. The summed E-state index contributed by atoms with van der Waals surface area (Å²) in [6.07, 6.45) is 0. The molecule has 1 aromatic heterocycles. The number of nitrogens with two attached hydrogens (primary N) is 1. The number of aromatic nitrogens is 1. The summed E-state index contributed by atoms with van der Waals surface area (Å²) in [5.41, 5.74) is 9.34. The number of nitrogens with zero attached hydrogens (tertiary/aromatic N) is 2.